The van der Waals surface area contributed by atoms with Crippen molar-refractivity contribution in [3.8, 4) is 0 Å². The van der Waals surface area contributed by atoms with Crippen LogP contribution in [0.4, 0.5) is 0 Å². The lowest BCUT2D eigenvalue weighted by atomic mass is 9.82. The Kier molecular flexibility index (Phi) is 3.46. The Labute approximate surface area is 96.4 Å². The van der Waals surface area contributed by atoms with Crippen molar-refractivity contribution < 1.29 is 9.59 Å². The molecule has 1 N–H and O–H groups in total. The van der Waals surface area contributed by atoms with Gasteiger partial charge in [-0.15, -0.1) is 0 Å². The van der Waals surface area contributed by atoms with Gasteiger partial charge in [0.15, 0.2) is 0 Å². The molecule has 0 spiro atoms. The number of likely N-dealkylation sites (N-methyl/N-ethyl adjacent to an activating group) is 1. The van der Waals surface area contributed by atoms with Crippen molar-refractivity contribution in [3.05, 3.63) is 0 Å². The number of rotatable bonds is 2. The molecule has 0 aromatic heterocycles. The van der Waals surface area contributed by atoms with Crippen LogP contribution in [0.15, 0.2) is 0 Å². The fourth-order valence-corrected chi connectivity index (χ4v) is 2.78. The Morgan fingerprint density at radius 1 is 1.25 bits per heavy atom. The molecule has 1 atom stereocenters. The lowest BCUT2D eigenvalue weighted by molar-refractivity contribution is -0.146. The molecule has 2 fully saturated rings. The van der Waals surface area contributed by atoms with E-state index in [1.807, 2.05) is 6.92 Å². The van der Waals surface area contributed by atoms with Crippen LogP contribution >= 0.6 is 0 Å². The van der Waals surface area contributed by atoms with Gasteiger partial charge in [-0.25, -0.2) is 0 Å². The molecule has 16 heavy (non-hydrogen) atoms. The number of hydrogen-bond acceptors (Lipinski definition) is 2. The van der Waals surface area contributed by atoms with E-state index < -0.39 is 0 Å². The zero-order valence-corrected chi connectivity index (χ0v) is 9.87. The molecule has 0 aromatic rings. The van der Waals surface area contributed by atoms with Crippen LogP contribution in [-0.4, -0.2) is 35.8 Å². The molecule has 1 aliphatic carbocycles. The summed E-state index contributed by atoms with van der Waals surface area (Å²) < 4.78 is 0. The molecule has 0 bridgehead atoms. The Hall–Kier alpha value is -1.06. The van der Waals surface area contributed by atoms with Gasteiger partial charge in [0.1, 0.15) is 6.04 Å². The second kappa shape index (κ2) is 4.85. The first kappa shape index (κ1) is 11.4. The average Bonchev–Trinajstić information content (AvgIpc) is 2.33. The fourth-order valence-electron chi connectivity index (χ4n) is 2.78. The first-order valence-corrected chi connectivity index (χ1v) is 6.30. The molecular weight excluding hydrogens is 204 g/mol. The van der Waals surface area contributed by atoms with Gasteiger partial charge in [-0.1, -0.05) is 19.3 Å². The summed E-state index contributed by atoms with van der Waals surface area (Å²) in [5.74, 6) is 0.477. The summed E-state index contributed by atoms with van der Waals surface area (Å²) in [4.78, 5) is 25.3. The highest BCUT2D eigenvalue weighted by Crippen LogP contribution is 2.28. The summed E-state index contributed by atoms with van der Waals surface area (Å²) in [6, 6.07) is -0.249. The zero-order valence-electron chi connectivity index (χ0n) is 9.87. The smallest absolute Gasteiger partial charge is 0.245 e. The molecule has 0 aromatic carbocycles. The van der Waals surface area contributed by atoms with Crippen molar-refractivity contribution in [1.82, 2.24) is 10.2 Å². The van der Waals surface area contributed by atoms with Crippen molar-refractivity contribution in [2.75, 3.05) is 13.1 Å². The van der Waals surface area contributed by atoms with E-state index in [0.29, 0.717) is 12.5 Å². The van der Waals surface area contributed by atoms with Crippen molar-refractivity contribution >= 4 is 11.8 Å². The predicted octanol–water partition coefficient (Wildman–Crippen LogP) is 0.914. The number of piperazine rings is 1. The van der Waals surface area contributed by atoms with Crippen molar-refractivity contribution in [3.63, 3.8) is 0 Å². The standard InChI is InChI=1S/C12H20N2O2/c1-2-14-8-10(15)13-11(12(14)16)9-6-4-3-5-7-9/h9,11H,2-8H2,1H3,(H,13,15). The molecule has 2 aliphatic rings. The van der Waals surface area contributed by atoms with E-state index in [0.717, 1.165) is 12.8 Å². The minimum atomic E-state index is -0.249. The van der Waals surface area contributed by atoms with E-state index >= 15 is 0 Å². The molecule has 90 valence electrons. The molecule has 0 radical (unpaired) electrons. The van der Waals surface area contributed by atoms with Gasteiger partial charge >= 0.3 is 0 Å². The third kappa shape index (κ3) is 2.20. The molecule has 4 nitrogen and oxygen atoms in total. The number of hydrogen-bond donors (Lipinski definition) is 1. The lowest BCUT2D eigenvalue weighted by Crippen LogP contribution is -2.60. The molecule has 2 rings (SSSR count). The van der Waals surface area contributed by atoms with Crippen LogP contribution in [0.3, 0.4) is 0 Å². The number of nitrogens with zero attached hydrogens (tertiary/aromatic N) is 1. The van der Waals surface area contributed by atoms with Crippen molar-refractivity contribution in [1.29, 1.82) is 0 Å². The molecule has 1 saturated carbocycles. The minimum Gasteiger partial charge on any atom is -0.342 e. The summed E-state index contributed by atoms with van der Waals surface area (Å²) in [5.41, 5.74) is 0. The highest BCUT2D eigenvalue weighted by atomic mass is 16.2. The van der Waals surface area contributed by atoms with Gasteiger partial charge in [-0.3, -0.25) is 9.59 Å². The monoisotopic (exact) mass is 224 g/mol. The predicted molar refractivity (Wildman–Crippen MR) is 60.8 cm³/mol. The van der Waals surface area contributed by atoms with E-state index in [9.17, 15) is 9.59 Å². The van der Waals surface area contributed by atoms with Gasteiger partial charge < -0.3 is 10.2 Å². The quantitative estimate of drug-likeness (QED) is 0.758. The van der Waals surface area contributed by atoms with Crippen molar-refractivity contribution in [2.24, 2.45) is 5.92 Å². The van der Waals surface area contributed by atoms with Gasteiger partial charge in [0, 0.05) is 6.54 Å². The maximum atomic E-state index is 12.1. The molecule has 2 amide bonds. The van der Waals surface area contributed by atoms with Crippen molar-refractivity contribution in [2.45, 2.75) is 45.1 Å². The Morgan fingerprint density at radius 2 is 1.94 bits per heavy atom. The Morgan fingerprint density at radius 3 is 2.56 bits per heavy atom. The third-order valence-corrected chi connectivity index (χ3v) is 3.73. The molecular formula is C12H20N2O2. The van der Waals surface area contributed by atoms with Crippen LogP contribution in [-0.2, 0) is 9.59 Å². The molecule has 1 unspecified atom stereocenters. The third-order valence-electron chi connectivity index (χ3n) is 3.73. The molecule has 1 aliphatic heterocycles. The number of carbonyl (C=O) groups excluding carboxylic acids is 2. The summed E-state index contributed by atoms with van der Waals surface area (Å²) in [7, 11) is 0. The number of nitrogens with one attached hydrogen (secondary N) is 1. The summed E-state index contributed by atoms with van der Waals surface area (Å²) >= 11 is 0. The van der Waals surface area contributed by atoms with Gasteiger partial charge in [-0.2, -0.15) is 0 Å². The van der Waals surface area contributed by atoms with E-state index in [1.54, 1.807) is 4.90 Å². The first-order chi connectivity index (χ1) is 7.72. The van der Waals surface area contributed by atoms with Crippen LogP contribution in [0.5, 0.6) is 0 Å². The Balaban J connectivity index is 2.06. The largest absolute Gasteiger partial charge is 0.342 e. The van der Waals surface area contributed by atoms with Gasteiger partial charge in [-0.05, 0) is 25.7 Å². The van der Waals surface area contributed by atoms with Crippen LogP contribution in [0.2, 0.25) is 0 Å². The number of amides is 2. The maximum Gasteiger partial charge on any atom is 0.245 e. The topological polar surface area (TPSA) is 49.4 Å². The van der Waals surface area contributed by atoms with Gasteiger partial charge in [0.25, 0.3) is 0 Å². The SMILES string of the molecule is CCN1CC(=O)NC(C2CCCCC2)C1=O. The van der Waals surface area contributed by atoms with E-state index in [-0.39, 0.29) is 24.4 Å². The molecule has 4 heteroatoms. The van der Waals surface area contributed by atoms with Crippen LogP contribution in [0, 0.1) is 5.92 Å². The normalized spacial score (nSPS) is 28.1. The van der Waals surface area contributed by atoms with E-state index in [4.69, 9.17) is 0 Å². The summed E-state index contributed by atoms with van der Waals surface area (Å²) in [6.07, 6.45) is 5.80. The summed E-state index contributed by atoms with van der Waals surface area (Å²) in [5, 5.41) is 2.87. The minimum absolute atomic E-state index is 0.00276. The highest BCUT2D eigenvalue weighted by Gasteiger charge is 2.37. The summed E-state index contributed by atoms with van der Waals surface area (Å²) in [6.45, 7) is 2.79. The van der Waals surface area contributed by atoms with Crippen LogP contribution in [0.1, 0.15) is 39.0 Å². The average molecular weight is 224 g/mol. The van der Waals surface area contributed by atoms with Crippen LogP contribution < -0.4 is 5.32 Å². The second-order valence-electron chi connectivity index (χ2n) is 4.80. The lowest BCUT2D eigenvalue weighted by Gasteiger charge is -2.37. The van der Waals surface area contributed by atoms with E-state index in [1.165, 1.54) is 19.3 Å². The zero-order chi connectivity index (χ0) is 11.5. The number of carbonyl (C=O) groups is 2. The Bertz CT molecular complexity index is 285. The molecule has 1 saturated heterocycles. The molecule has 1 heterocycles. The first-order valence-electron chi connectivity index (χ1n) is 6.30. The van der Waals surface area contributed by atoms with Gasteiger partial charge in [0.05, 0.1) is 6.54 Å². The highest BCUT2D eigenvalue weighted by molar-refractivity contribution is 5.95. The van der Waals surface area contributed by atoms with Gasteiger partial charge in [0.2, 0.25) is 11.8 Å². The second-order valence-corrected chi connectivity index (χ2v) is 4.80. The maximum absolute atomic E-state index is 12.1. The fraction of sp³-hybridized carbons (Fsp3) is 0.833. The van der Waals surface area contributed by atoms with E-state index in [2.05, 4.69) is 5.32 Å². The van der Waals surface area contributed by atoms with Crippen LogP contribution in [0.25, 0.3) is 0 Å².